The molecule has 1 aromatic heterocycles. The lowest BCUT2D eigenvalue weighted by molar-refractivity contribution is 0.0604. The van der Waals surface area contributed by atoms with Crippen LogP contribution in [0.4, 0.5) is 5.69 Å². The SMILES string of the molecule is CC1CCN(S(=O)(=O)c2ncccc2N)CC1O. The Morgan fingerprint density at radius 2 is 2.28 bits per heavy atom. The van der Waals surface area contributed by atoms with E-state index in [0.29, 0.717) is 13.0 Å². The molecule has 7 heteroatoms. The van der Waals surface area contributed by atoms with Crippen LogP contribution in [0.25, 0.3) is 0 Å². The highest BCUT2D eigenvalue weighted by Crippen LogP contribution is 2.25. The van der Waals surface area contributed by atoms with Crippen molar-refractivity contribution in [3.8, 4) is 0 Å². The van der Waals surface area contributed by atoms with Gasteiger partial charge >= 0.3 is 0 Å². The highest BCUT2D eigenvalue weighted by Gasteiger charge is 2.34. The van der Waals surface area contributed by atoms with E-state index < -0.39 is 16.1 Å². The summed E-state index contributed by atoms with van der Waals surface area (Å²) in [5, 5.41) is 9.64. The standard InChI is InChI=1S/C11H17N3O3S/c1-8-4-6-14(7-10(8)15)18(16,17)11-9(12)3-2-5-13-11/h2-3,5,8,10,15H,4,6-7,12H2,1H3. The number of aliphatic hydroxyl groups is 1. The maximum absolute atomic E-state index is 12.3. The molecule has 6 nitrogen and oxygen atoms in total. The number of sulfonamides is 1. The number of hydrogen-bond donors (Lipinski definition) is 2. The average Bonchev–Trinajstić information content (AvgIpc) is 2.33. The van der Waals surface area contributed by atoms with E-state index in [1.54, 1.807) is 6.07 Å². The van der Waals surface area contributed by atoms with E-state index in [0.717, 1.165) is 0 Å². The van der Waals surface area contributed by atoms with Crippen molar-refractivity contribution in [1.29, 1.82) is 0 Å². The molecule has 100 valence electrons. The molecule has 0 amide bonds. The first kappa shape index (κ1) is 13.3. The Labute approximate surface area is 106 Å². The second kappa shape index (κ2) is 4.83. The van der Waals surface area contributed by atoms with Crippen LogP contribution < -0.4 is 5.73 Å². The van der Waals surface area contributed by atoms with Gasteiger partial charge in [0.2, 0.25) is 0 Å². The molecule has 0 aromatic carbocycles. The van der Waals surface area contributed by atoms with Crippen molar-refractivity contribution in [3.05, 3.63) is 18.3 Å². The van der Waals surface area contributed by atoms with Gasteiger partial charge in [0, 0.05) is 19.3 Å². The van der Waals surface area contributed by atoms with Crippen molar-refractivity contribution in [2.75, 3.05) is 18.8 Å². The van der Waals surface area contributed by atoms with E-state index in [-0.39, 0.29) is 23.2 Å². The smallest absolute Gasteiger partial charge is 0.262 e. The number of nitrogens with two attached hydrogens (primary N) is 1. The molecule has 1 aliphatic rings. The van der Waals surface area contributed by atoms with Crippen LogP contribution in [0.5, 0.6) is 0 Å². The molecule has 0 spiro atoms. The molecule has 0 radical (unpaired) electrons. The van der Waals surface area contributed by atoms with Crippen LogP contribution in [-0.2, 0) is 10.0 Å². The molecular weight excluding hydrogens is 254 g/mol. The van der Waals surface area contributed by atoms with Crippen molar-refractivity contribution in [2.24, 2.45) is 5.92 Å². The van der Waals surface area contributed by atoms with Gasteiger partial charge in [-0.2, -0.15) is 4.31 Å². The number of pyridine rings is 1. The van der Waals surface area contributed by atoms with Gasteiger partial charge in [0.05, 0.1) is 11.8 Å². The topological polar surface area (TPSA) is 96.5 Å². The van der Waals surface area contributed by atoms with E-state index >= 15 is 0 Å². The summed E-state index contributed by atoms with van der Waals surface area (Å²) in [4.78, 5) is 3.83. The van der Waals surface area contributed by atoms with E-state index in [1.807, 2.05) is 6.92 Å². The Bertz CT molecular complexity index is 532. The third kappa shape index (κ3) is 2.33. The Morgan fingerprint density at radius 3 is 2.89 bits per heavy atom. The zero-order valence-electron chi connectivity index (χ0n) is 10.2. The normalized spacial score (nSPS) is 26.1. The number of rotatable bonds is 2. The molecule has 2 rings (SSSR count). The second-order valence-corrected chi connectivity index (χ2v) is 6.45. The lowest BCUT2D eigenvalue weighted by atomic mass is 9.98. The van der Waals surface area contributed by atoms with E-state index in [4.69, 9.17) is 5.73 Å². The molecule has 0 saturated carbocycles. The fourth-order valence-electron chi connectivity index (χ4n) is 1.98. The minimum absolute atomic E-state index is 0.0967. The van der Waals surface area contributed by atoms with E-state index in [9.17, 15) is 13.5 Å². The number of aromatic nitrogens is 1. The largest absolute Gasteiger partial charge is 0.396 e. The third-order valence-electron chi connectivity index (χ3n) is 3.27. The first-order valence-corrected chi connectivity index (χ1v) is 7.25. The quantitative estimate of drug-likeness (QED) is 0.792. The molecule has 0 aliphatic carbocycles. The van der Waals surface area contributed by atoms with Crippen LogP contribution in [-0.4, -0.2) is 42.0 Å². The highest BCUT2D eigenvalue weighted by molar-refractivity contribution is 7.89. The predicted octanol–water partition coefficient (Wildman–Crippen LogP) is 0.0552. The van der Waals surface area contributed by atoms with Gasteiger partial charge in [-0.15, -0.1) is 0 Å². The summed E-state index contributed by atoms with van der Waals surface area (Å²) in [5.74, 6) is 0.109. The Hall–Kier alpha value is -1.18. The first-order valence-electron chi connectivity index (χ1n) is 5.81. The second-order valence-electron chi connectivity index (χ2n) is 4.59. The summed E-state index contributed by atoms with van der Waals surface area (Å²) >= 11 is 0. The molecule has 3 N–H and O–H groups in total. The van der Waals surface area contributed by atoms with Crippen LogP contribution in [0.1, 0.15) is 13.3 Å². The van der Waals surface area contributed by atoms with Crippen LogP contribution in [0.3, 0.4) is 0 Å². The number of piperidine rings is 1. The average molecular weight is 271 g/mol. The van der Waals surface area contributed by atoms with Crippen molar-refractivity contribution >= 4 is 15.7 Å². The van der Waals surface area contributed by atoms with E-state index in [2.05, 4.69) is 4.98 Å². The first-order chi connectivity index (χ1) is 8.43. The summed E-state index contributed by atoms with van der Waals surface area (Å²) in [6.45, 7) is 2.39. The van der Waals surface area contributed by atoms with Crippen molar-refractivity contribution < 1.29 is 13.5 Å². The molecule has 1 aromatic rings. The number of hydrogen-bond acceptors (Lipinski definition) is 5. The van der Waals surface area contributed by atoms with Gasteiger partial charge in [-0.1, -0.05) is 6.92 Å². The molecule has 2 atom stereocenters. The van der Waals surface area contributed by atoms with Gasteiger partial charge in [-0.05, 0) is 24.5 Å². The van der Waals surface area contributed by atoms with Crippen LogP contribution in [0.2, 0.25) is 0 Å². The maximum Gasteiger partial charge on any atom is 0.262 e. The van der Waals surface area contributed by atoms with Gasteiger partial charge in [0.1, 0.15) is 0 Å². The summed E-state index contributed by atoms with van der Waals surface area (Å²) in [6.07, 6.45) is 1.39. The zero-order valence-corrected chi connectivity index (χ0v) is 11.0. The number of anilines is 1. The summed E-state index contributed by atoms with van der Waals surface area (Å²) in [5.41, 5.74) is 5.77. The van der Waals surface area contributed by atoms with Gasteiger partial charge in [-0.3, -0.25) is 0 Å². The predicted molar refractivity (Wildman–Crippen MR) is 67.2 cm³/mol. The lowest BCUT2D eigenvalue weighted by Crippen LogP contribution is -2.46. The summed E-state index contributed by atoms with van der Waals surface area (Å²) in [7, 11) is -3.71. The Balaban J connectivity index is 2.30. The molecule has 2 unspecified atom stereocenters. The molecule has 1 saturated heterocycles. The minimum atomic E-state index is -3.71. The monoisotopic (exact) mass is 271 g/mol. The van der Waals surface area contributed by atoms with Crippen LogP contribution in [0, 0.1) is 5.92 Å². The van der Waals surface area contributed by atoms with Gasteiger partial charge < -0.3 is 10.8 Å². The summed E-state index contributed by atoms with van der Waals surface area (Å²) < 4.78 is 25.9. The summed E-state index contributed by atoms with van der Waals surface area (Å²) in [6, 6.07) is 3.09. The molecular formula is C11H17N3O3S. The van der Waals surface area contributed by atoms with Crippen LogP contribution >= 0.6 is 0 Å². The molecule has 1 aliphatic heterocycles. The highest BCUT2D eigenvalue weighted by atomic mass is 32.2. The Kier molecular flexibility index (Phi) is 3.56. The van der Waals surface area contributed by atoms with Crippen LogP contribution in [0.15, 0.2) is 23.4 Å². The van der Waals surface area contributed by atoms with Gasteiger partial charge in [-0.25, -0.2) is 13.4 Å². The number of nitrogen functional groups attached to an aromatic ring is 1. The maximum atomic E-state index is 12.3. The molecule has 0 bridgehead atoms. The lowest BCUT2D eigenvalue weighted by Gasteiger charge is -2.33. The fourth-order valence-corrected chi connectivity index (χ4v) is 3.48. The number of nitrogens with zero attached hydrogens (tertiary/aromatic N) is 2. The minimum Gasteiger partial charge on any atom is -0.396 e. The third-order valence-corrected chi connectivity index (χ3v) is 5.11. The van der Waals surface area contributed by atoms with Crippen molar-refractivity contribution in [3.63, 3.8) is 0 Å². The van der Waals surface area contributed by atoms with E-state index in [1.165, 1.54) is 16.6 Å². The van der Waals surface area contributed by atoms with Crippen molar-refractivity contribution in [1.82, 2.24) is 9.29 Å². The molecule has 2 heterocycles. The Morgan fingerprint density at radius 1 is 1.56 bits per heavy atom. The van der Waals surface area contributed by atoms with Gasteiger partial charge in [0.15, 0.2) is 5.03 Å². The number of aliphatic hydroxyl groups excluding tert-OH is 1. The number of β-amino-alcohol motifs (C(OH)–C–C–N with tert-alkyl or cyclic N) is 1. The fraction of sp³-hybridized carbons (Fsp3) is 0.545. The zero-order chi connectivity index (χ0) is 13.3. The molecule has 18 heavy (non-hydrogen) atoms. The van der Waals surface area contributed by atoms with Gasteiger partial charge in [0.25, 0.3) is 10.0 Å². The van der Waals surface area contributed by atoms with Crippen molar-refractivity contribution in [2.45, 2.75) is 24.5 Å². The molecule has 1 fully saturated rings.